The van der Waals surface area contributed by atoms with E-state index in [-0.39, 0.29) is 0 Å². The zero-order valence-corrected chi connectivity index (χ0v) is 12.8. The molecule has 0 radical (unpaired) electrons. The Labute approximate surface area is 129 Å². The first kappa shape index (κ1) is 12.2. The Morgan fingerprint density at radius 3 is 2.91 bits per heavy atom. The fourth-order valence-corrected chi connectivity index (χ4v) is 3.46. The van der Waals surface area contributed by atoms with Gasteiger partial charge in [0.25, 0.3) is 0 Å². The number of fused-ring (bicyclic) bond motifs is 1. The molecular formula is C16H20N6. The van der Waals surface area contributed by atoms with Crippen molar-refractivity contribution in [1.29, 1.82) is 0 Å². The van der Waals surface area contributed by atoms with Crippen LogP contribution < -0.4 is 16.3 Å². The Morgan fingerprint density at radius 1 is 1.27 bits per heavy atom. The van der Waals surface area contributed by atoms with Crippen LogP contribution in [0.25, 0.3) is 0 Å². The fourth-order valence-electron chi connectivity index (χ4n) is 3.46. The van der Waals surface area contributed by atoms with Gasteiger partial charge in [0.1, 0.15) is 0 Å². The fraction of sp³-hybridized carbons (Fsp3) is 0.438. The van der Waals surface area contributed by atoms with Gasteiger partial charge in [-0.05, 0) is 38.8 Å². The van der Waals surface area contributed by atoms with Crippen LogP contribution in [-0.2, 0) is 0 Å². The summed E-state index contributed by atoms with van der Waals surface area (Å²) < 4.78 is 0. The van der Waals surface area contributed by atoms with E-state index in [9.17, 15) is 0 Å². The average molecular weight is 296 g/mol. The molecule has 0 bridgehead atoms. The van der Waals surface area contributed by atoms with Gasteiger partial charge in [0, 0.05) is 23.9 Å². The molecule has 2 fully saturated rings. The first-order chi connectivity index (χ1) is 10.7. The molecule has 2 aliphatic carbocycles. The van der Waals surface area contributed by atoms with Gasteiger partial charge in [-0.1, -0.05) is 0 Å². The summed E-state index contributed by atoms with van der Waals surface area (Å²) in [6, 6.07) is 1.03. The smallest absolute Gasteiger partial charge is 0.0904 e. The standard InChI is InChI=1S/C16H20N6/c1-9(2)22-14-7-17-18-13-6-5-12-11(16(20-22)15(13)14)8-21(19-12)10-3-4-10/h5-7,9-10,17-18,20H,3-4,8H2,1-2H3. The highest BCUT2D eigenvalue weighted by Gasteiger charge is 2.40. The van der Waals surface area contributed by atoms with Crippen molar-refractivity contribution in [2.75, 3.05) is 6.54 Å². The van der Waals surface area contributed by atoms with Gasteiger partial charge in [-0.25, -0.2) is 0 Å². The van der Waals surface area contributed by atoms with Crippen LogP contribution in [0.2, 0.25) is 0 Å². The highest BCUT2D eigenvalue weighted by molar-refractivity contribution is 6.11. The summed E-state index contributed by atoms with van der Waals surface area (Å²) in [4.78, 5) is 0. The van der Waals surface area contributed by atoms with Gasteiger partial charge in [-0.3, -0.25) is 15.4 Å². The second-order valence-corrected chi connectivity index (χ2v) is 6.66. The van der Waals surface area contributed by atoms with Gasteiger partial charge >= 0.3 is 0 Å². The summed E-state index contributed by atoms with van der Waals surface area (Å²) in [5.41, 5.74) is 17.2. The van der Waals surface area contributed by atoms with E-state index in [2.05, 4.69) is 52.3 Å². The van der Waals surface area contributed by atoms with E-state index in [4.69, 9.17) is 5.10 Å². The molecule has 0 atom stereocenters. The Hall–Kier alpha value is -2.37. The summed E-state index contributed by atoms with van der Waals surface area (Å²) in [6.45, 7) is 5.31. The van der Waals surface area contributed by atoms with Crippen LogP contribution in [0.3, 0.4) is 0 Å². The molecule has 114 valence electrons. The number of rotatable bonds is 2. The number of hydrazine groups is 2. The molecule has 1 saturated carbocycles. The van der Waals surface area contributed by atoms with E-state index in [1.54, 1.807) is 0 Å². The van der Waals surface area contributed by atoms with Gasteiger partial charge in [-0.15, -0.1) is 0 Å². The Morgan fingerprint density at radius 2 is 2.14 bits per heavy atom. The first-order valence-corrected chi connectivity index (χ1v) is 8.02. The third-order valence-electron chi connectivity index (χ3n) is 4.74. The summed E-state index contributed by atoms with van der Waals surface area (Å²) in [5, 5.41) is 9.31. The Bertz CT molecular complexity index is 704. The quantitative estimate of drug-likeness (QED) is 0.712. The predicted octanol–water partition coefficient (Wildman–Crippen LogP) is 1.08. The number of nitrogens with one attached hydrogen (secondary N) is 3. The molecule has 0 spiro atoms. The summed E-state index contributed by atoms with van der Waals surface area (Å²) in [6.07, 6.45) is 8.84. The summed E-state index contributed by atoms with van der Waals surface area (Å²) in [5.74, 6) is 0. The number of allylic oxidation sites excluding steroid dienone is 2. The topological polar surface area (TPSA) is 54.9 Å². The van der Waals surface area contributed by atoms with E-state index in [0.717, 1.165) is 18.0 Å². The lowest BCUT2D eigenvalue weighted by molar-refractivity contribution is 0.251. The lowest BCUT2D eigenvalue weighted by atomic mass is 10.0. The molecule has 3 N–H and O–H groups in total. The highest BCUT2D eigenvalue weighted by atomic mass is 15.6. The van der Waals surface area contributed by atoms with Crippen LogP contribution in [0.1, 0.15) is 26.7 Å². The highest BCUT2D eigenvalue weighted by Crippen LogP contribution is 2.39. The monoisotopic (exact) mass is 296 g/mol. The van der Waals surface area contributed by atoms with Crippen molar-refractivity contribution in [2.24, 2.45) is 5.10 Å². The minimum Gasteiger partial charge on any atom is -0.306 e. The second-order valence-electron chi connectivity index (χ2n) is 6.66. The average Bonchev–Trinajstić information content (AvgIpc) is 3.18. The molecule has 0 aromatic heterocycles. The van der Waals surface area contributed by atoms with Crippen LogP contribution >= 0.6 is 0 Å². The van der Waals surface area contributed by atoms with Crippen molar-refractivity contribution in [1.82, 2.24) is 26.3 Å². The lowest BCUT2D eigenvalue weighted by Gasteiger charge is -2.26. The van der Waals surface area contributed by atoms with Crippen molar-refractivity contribution in [3.8, 4) is 0 Å². The number of nitrogens with zero attached hydrogens (tertiary/aromatic N) is 3. The first-order valence-electron chi connectivity index (χ1n) is 8.02. The van der Waals surface area contributed by atoms with Gasteiger partial charge in [0.2, 0.25) is 0 Å². The van der Waals surface area contributed by atoms with E-state index in [1.807, 2.05) is 6.20 Å². The normalized spacial score (nSPS) is 25.4. The molecule has 3 aliphatic heterocycles. The maximum atomic E-state index is 4.83. The van der Waals surface area contributed by atoms with Crippen LogP contribution in [0.15, 0.2) is 51.7 Å². The zero-order chi connectivity index (χ0) is 14.8. The molecule has 1 saturated heterocycles. The molecule has 0 aromatic carbocycles. The number of hydrogen-bond donors (Lipinski definition) is 3. The SMILES string of the molecule is CC(C)N1NC2=C3CN(C4CC4)N=C3C=CC3=C2C1=CNN3. The lowest BCUT2D eigenvalue weighted by Crippen LogP contribution is -2.38. The van der Waals surface area contributed by atoms with Gasteiger partial charge < -0.3 is 10.9 Å². The van der Waals surface area contributed by atoms with Crippen LogP contribution in [0.5, 0.6) is 0 Å². The van der Waals surface area contributed by atoms with Gasteiger partial charge in [0.05, 0.1) is 34.9 Å². The van der Waals surface area contributed by atoms with E-state index in [1.165, 1.54) is 35.4 Å². The molecule has 6 heteroatoms. The molecule has 6 nitrogen and oxygen atoms in total. The van der Waals surface area contributed by atoms with E-state index >= 15 is 0 Å². The van der Waals surface area contributed by atoms with Crippen molar-refractivity contribution in [2.45, 2.75) is 38.8 Å². The van der Waals surface area contributed by atoms with Gasteiger partial charge in [-0.2, -0.15) is 5.10 Å². The maximum Gasteiger partial charge on any atom is 0.0904 e. The van der Waals surface area contributed by atoms with Crippen molar-refractivity contribution < 1.29 is 0 Å². The van der Waals surface area contributed by atoms with Crippen molar-refractivity contribution in [3.05, 3.63) is 46.6 Å². The van der Waals surface area contributed by atoms with Crippen LogP contribution in [0, 0.1) is 0 Å². The van der Waals surface area contributed by atoms with Crippen LogP contribution in [0.4, 0.5) is 0 Å². The number of hydrogen-bond acceptors (Lipinski definition) is 6. The molecule has 22 heavy (non-hydrogen) atoms. The Balaban J connectivity index is 1.65. The van der Waals surface area contributed by atoms with Crippen molar-refractivity contribution in [3.63, 3.8) is 0 Å². The third-order valence-corrected chi connectivity index (χ3v) is 4.74. The number of hydrazone groups is 1. The second kappa shape index (κ2) is 4.09. The van der Waals surface area contributed by atoms with E-state index < -0.39 is 0 Å². The molecule has 0 unspecified atom stereocenters. The molecule has 5 rings (SSSR count). The molecule has 3 heterocycles. The minimum atomic E-state index is 0.380. The van der Waals surface area contributed by atoms with E-state index in [0.29, 0.717) is 12.1 Å². The molecule has 0 aromatic rings. The largest absolute Gasteiger partial charge is 0.306 e. The maximum absolute atomic E-state index is 4.83. The Kier molecular flexibility index (Phi) is 2.27. The molecule has 0 amide bonds. The zero-order valence-electron chi connectivity index (χ0n) is 12.8. The summed E-state index contributed by atoms with van der Waals surface area (Å²) >= 11 is 0. The molecular weight excluding hydrogens is 276 g/mol. The summed E-state index contributed by atoms with van der Waals surface area (Å²) in [7, 11) is 0. The van der Waals surface area contributed by atoms with Gasteiger partial charge in [0.15, 0.2) is 0 Å². The van der Waals surface area contributed by atoms with Crippen molar-refractivity contribution >= 4 is 5.71 Å². The minimum absolute atomic E-state index is 0.380. The third kappa shape index (κ3) is 1.58. The predicted molar refractivity (Wildman–Crippen MR) is 84.8 cm³/mol. The van der Waals surface area contributed by atoms with Crippen LogP contribution in [-0.4, -0.2) is 34.4 Å². The molecule has 5 aliphatic rings.